The van der Waals surface area contributed by atoms with Gasteiger partial charge in [0.15, 0.2) is 5.16 Å². The number of nitrogens with zero attached hydrogens (tertiary/aromatic N) is 1. The number of nitrogens with one attached hydrogen (secondary N) is 1. The predicted octanol–water partition coefficient (Wildman–Crippen LogP) is 0.618. The first-order chi connectivity index (χ1) is 8.73. The molecule has 0 fully saturated rings. The van der Waals surface area contributed by atoms with Crippen LogP contribution in [0.2, 0.25) is 0 Å². The van der Waals surface area contributed by atoms with Crippen molar-refractivity contribution in [3.63, 3.8) is 0 Å². The Hall–Kier alpha value is -1.08. The van der Waals surface area contributed by atoms with E-state index in [2.05, 4.69) is 9.97 Å². The number of para-hydroxylation sites is 2. The number of aliphatic hydroxyl groups is 3. The number of aliphatic hydroxyl groups excluding tert-OH is 3. The highest BCUT2D eigenvalue weighted by Gasteiger charge is 2.28. The van der Waals surface area contributed by atoms with Gasteiger partial charge in [-0.3, -0.25) is 0 Å². The summed E-state index contributed by atoms with van der Waals surface area (Å²) < 4.78 is 0. The Kier molecular flexibility index (Phi) is 4.23. The Morgan fingerprint density at radius 1 is 1.11 bits per heavy atom. The quantitative estimate of drug-likeness (QED) is 0.577. The number of rotatable bonds is 6. The highest BCUT2D eigenvalue weighted by atomic mass is 32.2. The highest BCUT2D eigenvalue weighted by Crippen LogP contribution is 2.27. The first-order valence-electron chi connectivity index (χ1n) is 5.63. The van der Waals surface area contributed by atoms with E-state index in [9.17, 15) is 15.3 Å². The van der Waals surface area contributed by atoms with E-state index in [0.29, 0.717) is 5.75 Å². The molecule has 0 radical (unpaired) electrons. The minimum atomic E-state index is -0.871. The van der Waals surface area contributed by atoms with Gasteiger partial charge in [0.2, 0.25) is 0 Å². The highest BCUT2D eigenvalue weighted by molar-refractivity contribution is 7.99. The van der Waals surface area contributed by atoms with Crippen molar-refractivity contribution in [2.75, 3.05) is 25.6 Å². The molecule has 4 N–H and O–H groups in total. The molecule has 0 saturated heterocycles. The summed E-state index contributed by atoms with van der Waals surface area (Å²) in [6, 6.07) is 7.68. The fraction of sp³-hybridized carbons (Fsp3) is 0.417. The van der Waals surface area contributed by atoms with Gasteiger partial charge < -0.3 is 20.3 Å². The molecule has 0 amide bonds. The summed E-state index contributed by atoms with van der Waals surface area (Å²) >= 11 is 1.38. The molecule has 1 aromatic heterocycles. The van der Waals surface area contributed by atoms with Crippen LogP contribution in [0, 0.1) is 5.41 Å². The van der Waals surface area contributed by atoms with E-state index in [1.807, 2.05) is 24.3 Å². The second kappa shape index (κ2) is 5.71. The molecule has 0 atom stereocenters. The van der Waals surface area contributed by atoms with Crippen LogP contribution >= 0.6 is 11.8 Å². The average molecular weight is 268 g/mol. The summed E-state index contributed by atoms with van der Waals surface area (Å²) in [4.78, 5) is 7.53. The molecule has 18 heavy (non-hydrogen) atoms. The van der Waals surface area contributed by atoms with Crippen molar-refractivity contribution in [1.82, 2.24) is 9.97 Å². The molecule has 0 saturated carbocycles. The average Bonchev–Trinajstić information content (AvgIpc) is 2.84. The SMILES string of the molecule is OCC(CO)(CO)CSc1nc2ccccc2[nH]1. The van der Waals surface area contributed by atoms with E-state index in [1.165, 1.54) is 11.8 Å². The van der Waals surface area contributed by atoms with Gasteiger partial charge in [0.25, 0.3) is 0 Å². The number of aromatic nitrogens is 2. The first kappa shape index (κ1) is 13.4. The zero-order valence-electron chi connectivity index (χ0n) is 9.83. The van der Waals surface area contributed by atoms with E-state index in [1.54, 1.807) is 0 Å². The van der Waals surface area contributed by atoms with Crippen molar-refractivity contribution in [2.24, 2.45) is 5.41 Å². The van der Waals surface area contributed by atoms with Gasteiger partial charge in [-0.25, -0.2) is 4.98 Å². The van der Waals surface area contributed by atoms with Crippen molar-refractivity contribution in [1.29, 1.82) is 0 Å². The fourth-order valence-electron chi connectivity index (χ4n) is 1.51. The van der Waals surface area contributed by atoms with Crippen LogP contribution in [0.4, 0.5) is 0 Å². The number of hydrogen-bond donors (Lipinski definition) is 4. The molecule has 0 aliphatic rings. The minimum absolute atomic E-state index is 0.257. The number of aromatic amines is 1. The fourth-order valence-corrected chi connectivity index (χ4v) is 2.57. The first-order valence-corrected chi connectivity index (χ1v) is 6.62. The Labute approximate surface area is 109 Å². The van der Waals surface area contributed by atoms with E-state index in [0.717, 1.165) is 16.2 Å². The normalized spacial score (nSPS) is 12.2. The Balaban J connectivity index is 2.09. The largest absolute Gasteiger partial charge is 0.396 e. The zero-order chi connectivity index (χ0) is 13.0. The predicted molar refractivity (Wildman–Crippen MR) is 70.5 cm³/mol. The van der Waals surface area contributed by atoms with Crippen LogP contribution in [0.5, 0.6) is 0 Å². The maximum atomic E-state index is 9.23. The summed E-state index contributed by atoms with van der Waals surface area (Å²) in [5.41, 5.74) is 0.953. The molecule has 6 heteroatoms. The van der Waals surface area contributed by atoms with E-state index in [4.69, 9.17) is 0 Å². The van der Waals surface area contributed by atoms with Crippen LogP contribution in [0.1, 0.15) is 0 Å². The van der Waals surface area contributed by atoms with Crippen LogP contribution in [-0.4, -0.2) is 50.9 Å². The van der Waals surface area contributed by atoms with Gasteiger partial charge in [0, 0.05) is 11.2 Å². The number of benzene rings is 1. The molecule has 1 aromatic carbocycles. The summed E-state index contributed by atoms with van der Waals surface area (Å²) in [5.74, 6) is 0.399. The van der Waals surface area contributed by atoms with E-state index < -0.39 is 5.41 Å². The standard InChI is InChI=1S/C12H16N2O3S/c15-5-12(6-16,7-17)8-18-11-13-9-3-1-2-4-10(9)14-11/h1-4,15-17H,5-8H2,(H,13,14). The van der Waals surface area contributed by atoms with Crippen LogP contribution in [0.3, 0.4) is 0 Å². The molecule has 2 rings (SSSR count). The molecular formula is C12H16N2O3S. The van der Waals surface area contributed by atoms with Crippen LogP contribution < -0.4 is 0 Å². The molecule has 0 spiro atoms. The molecule has 2 aromatic rings. The lowest BCUT2D eigenvalue weighted by atomic mass is 9.94. The molecule has 0 aliphatic carbocycles. The van der Waals surface area contributed by atoms with Crippen LogP contribution in [0.25, 0.3) is 11.0 Å². The number of hydrogen-bond acceptors (Lipinski definition) is 5. The lowest BCUT2D eigenvalue weighted by molar-refractivity contribution is 0.0237. The number of imidazole rings is 1. The molecular weight excluding hydrogens is 252 g/mol. The Morgan fingerprint density at radius 3 is 2.39 bits per heavy atom. The van der Waals surface area contributed by atoms with Gasteiger partial charge in [-0.15, -0.1) is 0 Å². The summed E-state index contributed by atoms with van der Waals surface area (Å²) in [6.45, 7) is -0.770. The van der Waals surface area contributed by atoms with Gasteiger partial charge in [0.05, 0.1) is 30.9 Å². The third-order valence-electron chi connectivity index (χ3n) is 2.89. The van der Waals surface area contributed by atoms with Crippen molar-refractivity contribution < 1.29 is 15.3 Å². The van der Waals surface area contributed by atoms with Crippen molar-refractivity contribution >= 4 is 22.8 Å². The van der Waals surface area contributed by atoms with Crippen LogP contribution in [-0.2, 0) is 0 Å². The lowest BCUT2D eigenvalue weighted by Gasteiger charge is -2.26. The van der Waals surface area contributed by atoms with Gasteiger partial charge >= 0.3 is 0 Å². The molecule has 0 aliphatic heterocycles. The number of H-pyrrole nitrogens is 1. The minimum Gasteiger partial charge on any atom is -0.396 e. The topological polar surface area (TPSA) is 89.4 Å². The summed E-state index contributed by atoms with van der Waals surface area (Å²) in [6.07, 6.45) is 0. The second-order valence-electron chi connectivity index (χ2n) is 4.32. The second-order valence-corrected chi connectivity index (χ2v) is 5.29. The molecule has 5 nitrogen and oxygen atoms in total. The summed E-state index contributed by atoms with van der Waals surface area (Å²) in [5, 5.41) is 28.4. The summed E-state index contributed by atoms with van der Waals surface area (Å²) in [7, 11) is 0. The third kappa shape index (κ3) is 2.67. The van der Waals surface area contributed by atoms with E-state index >= 15 is 0 Å². The van der Waals surface area contributed by atoms with Gasteiger partial charge in [0.1, 0.15) is 0 Å². The molecule has 0 bridgehead atoms. The van der Waals surface area contributed by atoms with Gasteiger partial charge in [-0.2, -0.15) is 0 Å². The molecule has 98 valence electrons. The Morgan fingerprint density at radius 2 is 1.78 bits per heavy atom. The monoisotopic (exact) mass is 268 g/mol. The number of thioether (sulfide) groups is 1. The van der Waals surface area contributed by atoms with Crippen molar-refractivity contribution in [3.8, 4) is 0 Å². The molecule has 0 unspecified atom stereocenters. The Bertz CT molecular complexity index is 469. The maximum absolute atomic E-state index is 9.23. The van der Waals surface area contributed by atoms with Gasteiger partial charge in [-0.1, -0.05) is 23.9 Å². The third-order valence-corrected chi connectivity index (χ3v) is 4.11. The maximum Gasteiger partial charge on any atom is 0.166 e. The van der Waals surface area contributed by atoms with Crippen molar-refractivity contribution in [3.05, 3.63) is 24.3 Å². The van der Waals surface area contributed by atoms with E-state index in [-0.39, 0.29) is 19.8 Å². The zero-order valence-corrected chi connectivity index (χ0v) is 10.7. The van der Waals surface area contributed by atoms with Crippen LogP contribution in [0.15, 0.2) is 29.4 Å². The lowest BCUT2D eigenvalue weighted by Crippen LogP contribution is -2.36. The van der Waals surface area contributed by atoms with Crippen molar-refractivity contribution in [2.45, 2.75) is 5.16 Å². The van der Waals surface area contributed by atoms with Gasteiger partial charge in [-0.05, 0) is 12.1 Å². The number of fused-ring (bicyclic) bond motifs is 1. The smallest absolute Gasteiger partial charge is 0.166 e. The molecule has 1 heterocycles.